The number of carbonyl (C=O) groups excluding carboxylic acids is 1. The molecule has 124 valence electrons. The Morgan fingerprint density at radius 2 is 2.17 bits per heavy atom. The first-order valence-electron chi connectivity index (χ1n) is 7.68. The third-order valence-corrected chi connectivity index (χ3v) is 3.92. The Labute approximate surface area is 144 Å². The van der Waals surface area contributed by atoms with Crippen LogP contribution < -0.4 is 5.32 Å². The first kappa shape index (κ1) is 16.3. The van der Waals surface area contributed by atoms with E-state index in [1.54, 1.807) is 24.7 Å². The third-order valence-electron chi connectivity index (χ3n) is 3.59. The normalized spacial score (nSPS) is 10.7. The van der Waals surface area contributed by atoms with Crippen molar-refractivity contribution in [2.75, 3.05) is 6.54 Å². The van der Waals surface area contributed by atoms with Gasteiger partial charge in [0, 0.05) is 31.0 Å². The van der Waals surface area contributed by atoms with Crippen LogP contribution in [0.2, 0.25) is 5.02 Å². The van der Waals surface area contributed by atoms with Crippen LogP contribution in [0.3, 0.4) is 0 Å². The van der Waals surface area contributed by atoms with Gasteiger partial charge in [0.15, 0.2) is 17.8 Å². The van der Waals surface area contributed by atoms with Gasteiger partial charge in [-0.1, -0.05) is 23.7 Å². The summed E-state index contributed by atoms with van der Waals surface area (Å²) in [5, 5.41) is 3.38. The van der Waals surface area contributed by atoms with Crippen molar-refractivity contribution in [3.05, 3.63) is 60.1 Å². The number of benzene rings is 1. The molecule has 2 aromatic heterocycles. The molecular formula is C17H17ClN4O2. The molecule has 0 aliphatic rings. The van der Waals surface area contributed by atoms with Gasteiger partial charge in [0.2, 0.25) is 0 Å². The smallest absolute Gasteiger partial charge is 0.273 e. The summed E-state index contributed by atoms with van der Waals surface area (Å²) in [6, 6.07) is 7.20. The Kier molecular flexibility index (Phi) is 5.28. The second-order valence-electron chi connectivity index (χ2n) is 5.27. The van der Waals surface area contributed by atoms with Gasteiger partial charge in [0.05, 0.1) is 11.3 Å². The summed E-state index contributed by atoms with van der Waals surface area (Å²) in [5.74, 6) is 0.123. The number of halogens is 1. The number of nitrogens with zero attached hydrogens (tertiary/aromatic N) is 3. The predicted octanol–water partition coefficient (Wildman–Crippen LogP) is 3.40. The van der Waals surface area contributed by atoms with Gasteiger partial charge in [-0.25, -0.2) is 9.97 Å². The lowest BCUT2D eigenvalue weighted by molar-refractivity contribution is 0.0948. The number of unbranched alkanes of at least 4 members (excludes halogenated alkanes) is 1. The fraction of sp³-hybridized carbons (Fsp3) is 0.235. The molecule has 24 heavy (non-hydrogen) atoms. The topological polar surface area (TPSA) is 73.0 Å². The molecule has 0 saturated carbocycles. The Morgan fingerprint density at radius 3 is 2.96 bits per heavy atom. The fourth-order valence-electron chi connectivity index (χ4n) is 2.37. The van der Waals surface area contributed by atoms with Crippen molar-refractivity contribution < 1.29 is 9.21 Å². The van der Waals surface area contributed by atoms with E-state index < -0.39 is 0 Å². The van der Waals surface area contributed by atoms with Crippen molar-refractivity contribution in [2.24, 2.45) is 0 Å². The molecule has 0 fully saturated rings. The largest absolute Gasteiger partial charge is 0.443 e. The number of oxazole rings is 1. The molecule has 0 aliphatic carbocycles. The number of nitrogens with one attached hydrogen (secondary N) is 1. The number of aromatic nitrogens is 3. The number of aryl methyl sites for hydroxylation is 1. The molecule has 0 radical (unpaired) electrons. The summed E-state index contributed by atoms with van der Waals surface area (Å²) >= 11 is 6.16. The van der Waals surface area contributed by atoms with Crippen LogP contribution in [-0.4, -0.2) is 27.0 Å². The summed E-state index contributed by atoms with van der Waals surface area (Å²) in [4.78, 5) is 20.3. The number of hydrogen-bond donors (Lipinski definition) is 1. The first-order chi connectivity index (χ1) is 11.8. The van der Waals surface area contributed by atoms with Crippen LogP contribution in [0.15, 0.2) is 53.8 Å². The van der Waals surface area contributed by atoms with E-state index in [9.17, 15) is 4.79 Å². The summed E-state index contributed by atoms with van der Waals surface area (Å²) in [6.07, 6.45) is 8.53. The Morgan fingerprint density at radius 1 is 1.29 bits per heavy atom. The molecule has 0 aliphatic heterocycles. The molecule has 3 rings (SSSR count). The van der Waals surface area contributed by atoms with Crippen molar-refractivity contribution in [1.82, 2.24) is 19.9 Å². The summed E-state index contributed by atoms with van der Waals surface area (Å²) < 4.78 is 7.37. The van der Waals surface area contributed by atoms with E-state index >= 15 is 0 Å². The van der Waals surface area contributed by atoms with Crippen molar-refractivity contribution in [1.29, 1.82) is 0 Å². The minimum atomic E-state index is -0.263. The van der Waals surface area contributed by atoms with Crippen LogP contribution in [0, 0.1) is 0 Å². The highest BCUT2D eigenvalue weighted by atomic mass is 35.5. The summed E-state index contributed by atoms with van der Waals surface area (Å²) in [6.45, 7) is 1.45. The highest BCUT2D eigenvalue weighted by molar-refractivity contribution is 6.33. The van der Waals surface area contributed by atoms with E-state index in [2.05, 4.69) is 15.3 Å². The highest BCUT2D eigenvalue weighted by Gasteiger charge is 2.19. The predicted molar refractivity (Wildman–Crippen MR) is 90.7 cm³/mol. The SMILES string of the molecule is O=C(NCCCCn1ccnc1)c1ncoc1-c1ccccc1Cl. The van der Waals surface area contributed by atoms with Crippen LogP contribution >= 0.6 is 11.6 Å². The molecule has 0 spiro atoms. The molecule has 6 nitrogen and oxygen atoms in total. The second-order valence-corrected chi connectivity index (χ2v) is 5.68. The Balaban J connectivity index is 1.54. The van der Waals surface area contributed by atoms with Crippen LogP contribution in [0.4, 0.5) is 0 Å². The van der Waals surface area contributed by atoms with E-state index in [1.165, 1.54) is 6.39 Å². The number of amides is 1. The van der Waals surface area contributed by atoms with Gasteiger partial charge in [-0.15, -0.1) is 0 Å². The van der Waals surface area contributed by atoms with Gasteiger partial charge in [-0.05, 0) is 25.0 Å². The van der Waals surface area contributed by atoms with Gasteiger partial charge in [0.25, 0.3) is 5.91 Å². The van der Waals surface area contributed by atoms with Crippen LogP contribution in [-0.2, 0) is 6.54 Å². The molecule has 0 saturated heterocycles. The summed E-state index contributed by atoms with van der Waals surface area (Å²) in [5.41, 5.74) is 0.902. The molecule has 7 heteroatoms. The van der Waals surface area contributed by atoms with Crippen LogP contribution in [0.25, 0.3) is 11.3 Å². The first-order valence-corrected chi connectivity index (χ1v) is 8.06. The third kappa shape index (κ3) is 3.83. The molecule has 0 atom stereocenters. The van der Waals surface area contributed by atoms with Gasteiger partial charge < -0.3 is 14.3 Å². The average Bonchev–Trinajstić information content (AvgIpc) is 3.26. The van der Waals surface area contributed by atoms with E-state index in [-0.39, 0.29) is 11.6 Å². The molecule has 1 N–H and O–H groups in total. The zero-order valence-electron chi connectivity index (χ0n) is 13.0. The maximum Gasteiger partial charge on any atom is 0.273 e. The maximum absolute atomic E-state index is 12.3. The van der Waals surface area contributed by atoms with Gasteiger partial charge in [-0.3, -0.25) is 4.79 Å². The van der Waals surface area contributed by atoms with Crippen LogP contribution in [0.5, 0.6) is 0 Å². The molecule has 3 aromatic rings. The lowest BCUT2D eigenvalue weighted by Crippen LogP contribution is -2.25. The van der Waals surface area contributed by atoms with Crippen molar-refractivity contribution in [3.63, 3.8) is 0 Å². The summed E-state index contributed by atoms with van der Waals surface area (Å²) in [7, 11) is 0. The maximum atomic E-state index is 12.3. The lowest BCUT2D eigenvalue weighted by Gasteiger charge is -2.06. The van der Waals surface area contributed by atoms with Crippen LogP contribution in [0.1, 0.15) is 23.3 Å². The lowest BCUT2D eigenvalue weighted by atomic mass is 10.1. The number of rotatable bonds is 7. The minimum Gasteiger partial charge on any atom is -0.443 e. The number of hydrogen-bond acceptors (Lipinski definition) is 4. The Hall–Kier alpha value is -2.60. The van der Waals surface area contributed by atoms with E-state index in [0.717, 1.165) is 19.4 Å². The Bertz CT molecular complexity index is 799. The zero-order chi connectivity index (χ0) is 16.8. The highest BCUT2D eigenvalue weighted by Crippen LogP contribution is 2.29. The molecule has 1 aromatic carbocycles. The molecule has 0 bridgehead atoms. The monoisotopic (exact) mass is 344 g/mol. The van der Waals surface area contributed by atoms with E-state index in [1.807, 2.05) is 22.9 Å². The van der Waals surface area contributed by atoms with Gasteiger partial charge in [0.1, 0.15) is 0 Å². The average molecular weight is 345 g/mol. The van der Waals surface area contributed by atoms with Gasteiger partial charge in [-0.2, -0.15) is 0 Å². The van der Waals surface area contributed by atoms with Gasteiger partial charge >= 0.3 is 0 Å². The number of imidazole rings is 1. The zero-order valence-corrected chi connectivity index (χ0v) is 13.7. The minimum absolute atomic E-state index is 0.248. The van der Waals surface area contributed by atoms with Crippen molar-refractivity contribution in [3.8, 4) is 11.3 Å². The quantitative estimate of drug-likeness (QED) is 0.667. The second kappa shape index (κ2) is 7.79. The fourth-order valence-corrected chi connectivity index (χ4v) is 2.59. The van der Waals surface area contributed by atoms with Crippen molar-refractivity contribution in [2.45, 2.75) is 19.4 Å². The molecule has 1 amide bonds. The standard InChI is InChI=1S/C17H17ClN4O2/c18-14-6-2-1-5-13(14)16-15(21-12-24-16)17(23)20-7-3-4-9-22-10-8-19-11-22/h1-2,5-6,8,10-12H,3-4,7,9H2,(H,20,23). The molecule has 2 heterocycles. The van der Waals surface area contributed by atoms with Crippen molar-refractivity contribution >= 4 is 17.5 Å². The molecule has 0 unspecified atom stereocenters. The van der Waals surface area contributed by atoms with E-state index in [0.29, 0.717) is 22.9 Å². The molecular weight excluding hydrogens is 328 g/mol. The number of carbonyl (C=O) groups is 1. The van der Waals surface area contributed by atoms with E-state index in [4.69, 9.17) is 16.0 Å².